The molecule has 10 rings (SSSR count). The molecule has 0 spiro atoms. The zero-order valence-electron chi connectivity index (χ0n) is 24.9. The lowest BCUT2D eigenvalue weighted by molar-refractivity contribution is 0.661. The number of furan rings is 1. The van der Waals surface area contributed by atoms with E-state index in [4.69, 9.17) is 14.4 Å². The summed E-state index contributed by atoms with van der Waals surface area (Å²) in [6.07, 6.45) is 0. The molecule has 0 N–H and O–H groups in total. The van der Waals surface area contributed by atoms with E-state index in [9.17, 15) is 0 Å². The number of hydrogen-bond acceptors (Lipinski definition) is 3. The lowest BCUT2D eigenvalue weighted by Gasteiger charge is -2.21. The van der Waals surface area contributed by atoms with E-state index in [-0.39, 0.29) is 5.41 Å². The van der Waals surface area contributed by atoms with Gasteiger partial charge in [-0.3, -0.25) is 4.57 Å². The van der Waals surface area contributed by atoms with Crippen LogP contribution in [-0.2, 0) is 5.41 Å². The highest BCUT2D eigenvalue weighted by Gasteiger charge is 2.37. The average Bonchev–Trinajstić information content (AvgIpc) is 3.71. The summed E-state index contributed by atoms with van der Waals surface area (Å²) in [5, 5.41) is 5.54. The lowest BCUT2D eigenvalue weighted by atomic mass is 9.82. The summed E-state index contributed by atoms with van der Waals surface area (Å²) in [5.41, 5.74) is 11.7. The molecule has 0 saturated carbocycles. The molecule has 0 radical (unpaired) electrons. The molecule has 9 aromatic rings. The molecular weight excluding hydrogens is 550 g/mol. The molecule has 3 heterocycles. The zero-order valence-corrected chi connectivity index (χ0v) is 24.9. The third-order valence-corrected chi connectivity index (χ3v) is 9.82. The van der Waals surface area contributed by atoms with Gasteiger partial charge in [0.2, 0.25) is 5.95 Å². The van der Waals surface area contributed by atoms with Crippen molar-refractivity contribution in [1.82, 2.24) is 14.5 Å². The number of fused-ring (bicyclic) bond motifs is 12. The normalized spacial score (nSPS) is 13.7. The van der Waals surface area contributed by atoms with Gasteiger partial charge >= 0.3 is 0 Å². The maximum Gasteiger partial charge on any atom is 0.235 e. The minimum absolute atomic E-state index is 0.119. The highest BCUT2D eigenvalue weighted by molar-refractivity contribution is 6.21. The first-order chi connectivity index (χ1) is 22.1. The predicted octanol–water partition coefficient (Wildman–Crippen LogP) is 10.6. The second kappa shape index (κ2) is 8.67. The molecular formula is C41H27N3O. The molecule has 0 unspecified atom stereocenters. The largest absolute Gasteiger partial charge is 0.454 e. The molecule has 6 aromatic carbocycles. The standard InChI is InChI=1S/C41H27N3O/c1-41(2)30-17-9-6-16-29(30)35-31(41)22-23-32-36(35)37(24-12-4-3-5-13-24)43-40(42-32)44-33-18-10-7-14-25(33)27-20-21-28-26-15-8-11-19-34(26)45-39(28)38(27)44/h3-23H,1-2H3. The topological polar surface area (TPSA) is 43.9 Å². The molecule has 0 atom stereocenters. The average molecular weight is 578 g/mol. The van der Waals surface area contributed by atoms with Gasteiger partial charge in [-0.1, -0.05) is 117 Å². The van der Waals surface area contributed by atoms with Gasteiger partial charge < -0.3 is 4.42 Å². The molecule has 0 fully saturated rings. The summed E-state index contributed by atoms with van der Waals surface area (Å²) in [7, 11) is 0. The molecule has 0 aliphatic heterocycles. The van der Waals surface area contributed by atoms with E-state index in [0.29, 0.717) is 5.95 Å². The Balaban J connectivity index is 1.38. The Morgan fingerprint density at radius 1 is 0.600 bits per heavy atom. The number of benzene rings is 6. The van der Waals surface area contributed by atoms with Crippen LogP contribution in [0.15, 0.2) is 132 Å². The Morgan fingerprint density at radius 2 is 1.33 bits per heavy atom. The molecule has 3 aromatic heterocycles. The van der Waals surface area contributed by atoms with Crippen molar-refractivity contribution in [2.75, 3.05) is 0 Å². The summed E-state index contributed by atoms with van der Waals surface area (Å²) in [5.74, 6) is 0.631. The van der Waals surface area contributed by atoms with Gasteiger partial charge in [0.1, 0.15) is 11.1 Å². The van der Waals surface area contributed by atoms with Gasteiger partial charge in [-0.2, -0.15) is 0 Å². The van der Waals surface area contributed by atoms with E-state index in [2.05, 4.69) is 134 Å². The van der Waals surface area contributed by atoms with E-state index >= 15 is 0 Å². The van der Waals surface area contributed by atoms with Crippen LogP contribution < -0.4 is 0 Å². The molecule has 0 amide bonds. The number of nitrogens with zero attached hydrogens (tertiary/aromatic N) is 3. The first-order valence-electron chi connectivity index (χ1n) is 15.4. The van der Waals surface area contributed by atoms with Gasteiger partial charge in [0.05, 0.1) is 16.7 Å². The predicted molar refractivity (Wildman–Crippen MR) is 184 cm³/mol. The number of aromatic nitrogens is 3. The fraction of sp³-hybridized carbons (Fsp3) is 0.0732. The van der Waals surface area contributed by atoms with Crippen molar-refractivity contribution in [2.45, 2.75) is 19.3 Å². The third-order valence-electron chi connectivity index (χ3n) is 9.82. The van der Waals surface area contributed by atoms with Crippen molar-refractivity contribution < 1.29 is 4.42 Å². The van der Waals surface area contributed by atoms with Crippen molar-refractivity contribution in [3.8, 4) is 28.3 Å². The Bertz CT molecular complexity index is 2680. The molecule has 0 saturated heterocycles. The molecule has 0 bridgehead atoms. The lowest BCUT2D eigenvalue weighted by Crippen LogP contribution is -2.14. The molecule has 212 valence electrons. The van der Waals surface area contributed by atoms with Crippen molar-refractivity contribution >= 4 is 54.6 Å². The minimum Gasteiger partial charge on any atom is -0.454 e. The monoisotopic (exact) mass is 577 g/mol. The molecule has 1 aliphatic carbocycles. The first kappa shape index (κ1) is 24.7. The Labute approximate surface area is 259 Å². The Kier molecular flexibility index (Phi) is 4.76. The van der Waals surface area contributed by atoms with E-state index in [1.54, 1.807) is 0 Å². The van der Waals surface area contributed by atoms with Crippen LogP contribution in [0.3, 0.4) is 0 Å². The summed E-state index contributed by atoms with van der Waals surface area (Å²) in [6.45, 7) is 4.63. The minimum atomic E-state index is -0.119. The number of hydrogen-bond donors (Lipinski definition) is 0. The van der Waals surface area contributed by atoms with Crippen molar-refractivity contribution in [2.24, 2.45) is 0 Å². The summed E-state index contributed by atoms with van der Waals surface area (Å²) in [6, 6.07) is 44.9. The van der Waals surface area contributed by atoms with Crippen LogP contribution in [0.5, 0.6) is 0 Å². The molecule has 4 heteroatoms. The van der Waals surface area contributed by atoms with Gasteiger partial charge in [-0.25, -0.2) is 9.97 Å². The van der Waals surface area contributed by atoms with Crippen LogP contribution in [0, 0.1) is 0 Å². The first-order valence-corrected chi connectivity index (χ1v) is 15.4. The van der Waals surface area contributed by atoms with Crippen molar-refractivity contribution in [3.05, 3.63) is 139 Å². The van der Waals surface area contributed by atoms with Crippen LogP contribution in [0.2, 0.25) is 0 Å². The van der Waals surface area contributed by atoms with E-state index < -0.39 is 0 Å². The Morgan fingerprint density at radius 3 is 2.22 bits per heavy atom. The zero-order chi connectivity index (χ0) is 29.9. The molecule has 4 nitrogen and oxygen atoms in total. The van der Waals surface area contributed by atoms with Crippen LogP contribution in [0.1, 0.15) is 25.0 Å². The highest BCUT2D eigenvalue weighted by Crippen LogP contribution is 2.52. The van der Waals surface area contributed by atoms with Gasteiger partial charge in [0, 0.05) is 37.9 Å². The smallest absolute Gasteiger partial charge is 0.235 e. The van der Waals surface area contributed by atoms with Crippen LogP contribution >= 0.6 is 0 Å². The van der Waals surface area contributed by atoms with Crippen LogP contribution in [0.4, 0.5) is 0 Å². The third kappa shape index (κ3) is 3.21. The fourth-order valence-corrected chi connectivity index (χ4v) is 7.75. The van der Waals surface area contributed by atoms with Crippen molar-refractivity contribution in [1.29, 1.82) is 0 Å². The molecule has 45 heavy (non-hydrogen) atoms. The summed E-state index contributed by atoms with van der Waals surface area (Å²) >= 11 is 0. The van der Waals surface area contributed by atoms with Gasteiger partial charge in [0.15, 0.2) is 5.58 Å². The van der Waals surface area contributed by atoms with Gasteiger partial charge in [-0.05, 0) is 46.5 Å². The fourth-order valence-electron chi connectivity index (χ4n) is 7.75. The highest BCUT2D eigenvalue weighted by atomic mass is 16.3. The summed E-state index contributed by atoms with van der Waals surface area (Å²) in [4.78, 5) is 10.9. The van der Waals surface area contributed by atoms with E-state index in [1.807, 2.05) is 12.1 Å². The van der Waals surface area contributed by atoms with Crippen LogP contribution in [-0.4, -0.2) is 14.5 Å². The maximum atomic E-state index is 6.61. The van der Waals surface area contributed by atoms with E-state index in [0.717, 1.165) is 65.9 Å². The van der Waals surface area contributed by atoms with Gasteiger partial charge in [-0.15, -0.1) is 0 Å². The Hall–Kier alpha value is -5.74. The van der Waals surface area contributed by atoms with E-state index in [1.165, 1.54) is 22.3 Å². The van der Waals surface area contributed by atoms with Crippen LogP contribution in [0.25, 0.3) is 83.0 Å². The second-order valence-corrected chi connectivity index (χ2v) is 12.6. The second-order valence-electron chi connectivity index (χ2n) is 12.6. The molecule has 1 aliphatic rings. The van der Waals surface area contributed by atoms with Crippen molar-refractivity contribution in [3.63, 3.8) is 0 Å². The quantitative estimate of drug-likeness (QED) is 0.205. The van der Waals surface area contributed by atoms with Gasteiger partial charge in [0.25, 0.3) is 0 Å². The SMILES string of the molecule is CC1(C)c2ccccc2-c2c1ccc1nc(-n3c4ccccc4c4ccc5c6ccccc6oc5c43)nc(-c3ccccc3)c21. The number of para-hydroxylation sites is 2. The number of rotatable bonds is 2. The maximum absolute atomic E-state index is 6.61. The summed E-state index contributed by atoms with van der Waals surface area (Å²) < 4.78 is 8.81.